The molecule has 1 fully saturated rings. The highest BCUT2D eigenvalue weighted by Crippen LogP contribution is 2.28. The van der Waals surface area contributed by atoms with Crippen molar-refractivity contribution in [3.8, 4) is 0 Å². The zero-order valence-corrected chi connectivity index (χ0v) is 12.9. The molecule has 0 amide bonds. The molecule has 1 aliphatic carbocycles. The first kappa shape index (κ1) is 15.5. The smallest absolute Gasteiger partial charge is 0.261 e. The monoisotopic (exact) mass is 314 g/mol. The van der Waals surface area contributed by atoms with E-state index in [1.165, 1.54) is 44.2 Å². The third kappa shape index (κ3) is 4.32. The quantitative estimate of drug-likeness (QED) is 0.606. The van der Waals surface area contributed by atoms with E-state index in [1.807, 2.05) is 0 Å². The predicted molar refractivity (Wildman–Crippen MR) is 79.6 cm³/mol. The minimum atomic E-state index is -3.71. The fraction of sp³-hybridized carbons (Fsp3) is 0.533. The van der Waals surface area contributed by atoms with Gasteiger partial charge in [-0.3, -0.25) is 4.79 Å². The van der Waals surface area contributed by atoms with Gasteiger partial charge in [0.05, 0.1) is 4.90 Å². The first-order valence-electron chi connectivity index (χ1n) is 7.05. The van der Waals surface area contributed by atoms with E-state index in [-0.39, 0.29) is 10.7 Å². The molecule has 0 unspecified atom stereocenters. The molecular formula is C15H19ClO3S. The summed E-state index contributed by atoms with van der Waals surface area (Å²) < 4.78 is 22.3. The molecule has 2 rings (SSSR count). The van der Waals surface area contributed by atoms with E-state index in [1.54, 1.807) is 12.1 Å². The molecule has 20 heavy (non-hydrogen) atoms. The molecule has 110 valence electrons. The Morgan fingerprint density at radius 1 is 1.10 bits per heavy atom. The van der Waals surface area contributed by atoms with Crippen LogP contribution in [0.25, 0.3) is 0 Å². The van der Waals surface area contributed by atoms with Gasteiger partial charge in [-0.15, -0.1) is 0 Å². The molecule has 0 atom stereocenters. The fourth-order valence-electron chi connectivity index (χ4n) is 2.76. The summed E-state index contributed by atoms with van der Waals surface area (Å²) in [5, 5.41) is 0. The van der Waals surface area contributed by atoms with Crippen LogP contribution in [0.3, 0.4) is 0 Å². The molecule has 0 saturated heterocycles. The van der Waals surface area contributed by atoms with Crippen LogP contribution in [-0.2, 0) is 9.05 Å². The maximum absolute atomic E-state index is 12.1. The summed E-state index contributed by atoms with van der Waals surface area (Å²) in [6, 6.07) is 5.85. The van der Waals surface area contributed by atoms with Crippen LogP contribution < -0.4 is 0 Å². The molecule has 1 aliphatic rings. The zero-order valence-electron chi connectivity index (χ0n) is 11.3. The van der Waals surface area contributed by atoms with Crippen molar-refractivity contribution in [3.05, 3.63) is 29.8 Å². The highest BCUT2D eigenvalue weighted by molar-refractivity contribution is 8.13. The van der Waals surface area contributed by atoms with E-state index in [9.17, 15) is 13.2 Å². The van der Waals surface area contributed by atoms with Crippen molar-refractivity contribution in [3.63, 3.8) is 0 Å². The minimum Gasteiger partial charge on any atom is -0.294 e. The van der Waals surface area contributed by atoms with Crippen molar-refractivity contribution in [2.24, 2.45) is 5.92 Å². The molecule has 0 N–H and O–H groups in total. The van der Waals surface area contributed by atoms with E-state index in [2.05, 4.69) is 0 Å². The van der Waals surface area contributed by atoms with Crippen molar-refractivity contribution >= 4 is 25.5 Å². The molecule has 3 nitrogen and oxygen atoms in total. The number of benzene rings is 1. The van der Waals surface area contributed by atoms with Gasteiger partial charge in [-0.1, -0.05) is 44.2 Å². The van der Waals surface area contributed by atoms with Gasteiger partial charge < -0.3 is 0 Å². The fourth-order valence-corrected chi connectivity index (χ4v) is 3.53. The van der Waals surface area contributed by atoms with Crippen LogP contribution >= 0.6 is 10.7 Å². The molecule has 0 heterocycles. The number of Topliss-reactive ketones (excluding diaryl/α,β-unsaturated/α-hetero) is 1. The Morgan fingerprint density at radius 3 is 2.25 bits per heavy atom. The zero-order chi connectivity index (χ0) is 14.6. The molecule has 0 spiro atoms. The van der Waals surface area contributed by atoms with Crippen molar-refractivity contribution in [1.29, 1.82) is 0 Å². The van der Waals surface area contributed by atoms with Gasteiger partial charge in [-0.05, 0) is 24.5 Å². The summed E-state index contributed by atoms with van der Waals surface area (Å²) in [6.07, 6.45) is 7.82. The van der Waals surface area contributed by atoms with Gasteiger partial charge in [0.1, 0.15) is 0 Å². The number of carbonyl (C=O) groups is 1. The SMILES string of the molecule is O=C(CCC1CCCCC1)c1ccc(S(=O)(=O)Cl)cc1. The van der Waals surface area contributed by atoms with Gasteiger partial charge >= 0.3 is 0 Å². The number of hydrogen-bond donors (Lipinski definition) is 0. The van der Waals surface area contributed by atoms with Crippen molar-refractivity contribution < 1.29 is 13.2 Å². The highest BCUT2D eigenvalue weighted by atomic mass is 35.7. The van der Waals surface area contributed by atoms with Crippen LogP contribution in [-0.4, -0.2) is 14.2 Å². The summed E-state index contributed by atoms with van der Waals surface area (Å²) >= 11 is 0. The Kier molecular flexibility index (Phi) is 5.22. The molecule has 1 saturated carbocycles. The number of rotatable bonds is 5. The second-order valence-electron chi connectivity index (χ2n) is 5.43. The van der Waals surface area contributed by atoms with Crippen LogP contribution in [0.1, 0.15) is 55.3 Å². The largest absolute Gasteiger partial charge is 0.294 e. The molecule has 1 aromatic carbocycles. The summed E-state index contributed by atoms with van der Waals surface area (Å²) in [4.78, 5) is 12.1. The lowest BCUT2D eigenvalue weighted by molar-refractivity contribution is 0.0970. The van der Waals surface area contributed by atoms with Crippen LogP contribution in [0.15, 0.2) is 29.2 Å². The molecule has 0 bridgehead atoms. The maximum Gasteiger partial charge on any atom is 0.261 e. The summed E-state index contributed by atoms with van der Waals surface area (Å²) in [6.45, 7) is 0. The van der Waals surface area contributed by atoms with E-state index < -0.39 is 9.05 Å². The molecule has 0 radical (unpaired) electrons. The first-order valence-corrected chi connectivity index (χ1v) is 9.35. The number of hydrogen-bond acceptors (Lipinski definition) is 3. The first-order chi connectivity index (χ1) is 9.47. The molecule has 1 aromatic rings. The lowest BCUT2D eigenvalue weighted by atomic mass is 9.85. The predicted octanol–water partition coefficient (Wildman–Crippen LogP) is 4.16. The Labute approximate surface area is 124 Å². The van der Waals surface area contributed by atoms with E-state index in [0.717, 1.165) is 6.42 Å². The van der Waals surface area contributed by atoms with Gasteiger partial charge in [0, 0.05) is 22.7 Å². The summed E-state index contributed by atoms with van der Waals surface area (Å²) in [7, 11) is 1.53. The molecule has 5 heteroatoms. The van der Waals surface area contributed by atoms with Crippen molar-refractivity contribution in [2.45, 2.75) is 49.8 Å². The van der Waals surface area contributed by atoms with E-state index >= 15 is 0 Å². The average molecular weight is 315 g/mol. The van der Waals surface area contributed by atoms with Crippen molar-refractivity contribution in [1.82, 2.24) is 0 Å². The third-order valence-corrected chi connectivity index (χ3v) is 5.33. The van der Waals surface area contributed by atoms with Gasteiger partial charge in [-0.25, -0.2) is 8.42 Å². The number of ketones is 1. The third-order valence-electron chi connectivity index (χ3n) is 3.96. The molecule has 0 aromatic heterocycles. The molecular weight excluding hydrogens is 296 g/mol. The second-order valence-corrected chi connectivity index (χ2v) is 7.99. The van der Waals surface area contributed by atoms with Crippen LogP contribution in [0.5, 0.6) is 0 Å². The van der Waals surface area contributed by atoms with Gasteiger partial charge in [-0.2, -0.15) is 0 Å². The lowest BCUT2D eigenvalue weighted by Crippen LogP contribution is -2.09. The molecule has 0 aliphatic heterocycles. The van der Waals surface area contributed by atoms with Crippen LogP contribution in [0, 0.1) is 5.92 Å². The Balaban J connectivity index is 1.92. The minimum absolute atomic E-state index is 0.0306. The topological polar surface area (TPSA) is 51.2 Å². The van der Waals surface area contributed by atoms with Gasteiger partial charge in [0.15, 0.2) is 5.78 Å². The van der Waals surface area contributed by atoms with E-state index in [4.69, 9.17) is 10.7 Å². The Hall–Kier alpha value is -0.870. The lowest BCUT2D eigenvalue weighted by Gasteiger charge is -2.20. The van der Waals surface area contributed by atoms with Gasteiger partial charge in [0.2, 0.25) is 0 Å². The second kappa shape index (κ2) is 6.72. The average Bonchev–Trinajstić information content (AvgIpc) is 2.45. The van der Waals surface area contributed by atoms with Crippen molar-refractivity contribution in [2.75, 3.05) is 0 Å². The standard InChI is InChI=1S/C15H19ClO3S/c16-20(18,19)14-9-7-13(8-10-14)15(17)11-6-12-4-2-1-3-5-12/h7-10,12H,1-6,11H2. The summed E-state index contributed by atoms with van der Waals surface area (Å²) in [5.41, 5.74) is 0.560. The number of halogens is 1. The van der Waals surface area contributed by atoms with E-state index in [0.29, 0.717) is 17.9 Å². The van der Waals surface area contributed by atoms with Crippen LogP contribution in [0.4, 0.5) is 0 Å². The Bertz CT molecular complexity index is 557. The highest BCUT2D eigenvalue weighted by Gasteiger charge is 2.16. The van der Waals surface area contributed by atoms with Gasteiger partial charge in [0.25, 0.3) is 9.05 Å². The Morgan fingerprint density at radius 2 is 1.70 bits per heavy atom. The summed E-state index contributed by atoms with van der Waals surface area (Å²) in [5.74, 6) is 0.754. The normalized spacial score (nSPS) is 17.1. The number of carbonyl (C=O) groups excluding carboxylic acids is 1. The maximum atomic E-state index is 12.1. The van der Waals surface area contributed by atoms with Crippen LogP contribution in [0.2, 0.25) is 0 Å².